The first-order valence-electron chi connectivity index (χ1n) is 6.68. The summed E-state index contributed by atoms with van der Waals surface area (Å²) in [4.78, 5) is 4.16. The van der Waals surface area contributed by atoms with Crippen molar-refractivity contribution >= 4 is 34.6 Å². The van der Waals surface area contributed by atoms with E-state index in [1.807, 2.05) is 0 Å². The number of alkyl halides is 3. The average Bonchev–Trinajstić information content (AvgIpc) is 2.95. The van der Waals surface area contributed by atoms with Crippen LogP contribution in [0.25, 0.3) is 11.3 Å². The highest BCUT2D eigenvalue weighted by molar-refractivity contribution is 7.14. The highest BCUT2D eigenvalue weighted by Gasteiger charge is 2.29. The molecule has 1 heterocycles. The van der Waals surface area contributed by atoms with E-state index in [0.29, 0.717) is 16.5 Å². The van der Waals surface area contributed by atoms with Crippen LogP contribution in [0, 0.1) is 11.6 Å². The summed E-state index contributed by atoms with van der Waals surface area (Å²) in [6, 6.07) is 7.64. The Morgan fingerprint density at radius 3 is 2.24 bits per heavy atom. The van der Waals surface area contributed by atoms with Crippen molar-refractivity contribution in [3.63, 3.8) is 0 Å². The van der Waals surface area contributed by atoms with Gasteiger partial charge in [-0.25, -0.2) is 13.8 Å². The Hall–Kier alpha value is -2.19. The lowest BCUT2D eigenvalue weighted by atomic mass is 10.1. The molecular formula is C16H10ClF5N2S. The minimum absolute atomic E-state index is 0. The van der Waals surface area contributed by atoms with Crippen LogP contribution < -0.4 is 5.32 Å². The Balaban J connectivity index is 0.00000225. The van der Waals surface area contributed by atoms with Gasteiger partial charge in [0.1, 0.15) is 11.6 Å². The zero-order chi connectivity index (χ0) is 17.3. The highest BCUT2D eigenvalue weighted by Crippen LogP contribution is 2.32. The average molecular weight is 393 g/mol. The molecule has 0 fully saturated rings. The summed E-state index contributed by atoms with van der Waals surface area (Å²) in [5.74, 6) is -1.42. The zero-order valence-corrected chi connectivity index (χ0v) is 13.9. The Labute approximate surface area is 149 Å². The van der Waals surface area contributed by atoms with Crippen LogP contribution >= 0.6 is 23.7 Å². The Kier molecular flexibility index (Phi) is 5.64. The molecule has 132 valence electrons. The lowest BCUT2D eigenvalue weighted by Crippen LogP contribution is -2.04. The van der Waals surface area contributed by atoms with Gasteiger partial charge in [0.05, 0.1) is 11.3 Å². The van der Waals surface area contributed by atoms with E-state index in [2.05, 4.69) is 10.3 Å². The van der Waals surface area contributed by atoms with Crippen LogP contribution in [-0.2, 0) is 6.18 Å². The zero-order valence-electron chi connectivity index (χ0n) is 12.3. The summed E-state index contributed by atoms with van der Waals surface area (Å²) < 4.78 is 64.2. The van der Waals surface area contributed by atoms with E-state index < -0.39 is 23.4 Å². The quantitative estimate of drug-likeness (QED) is 0.531. The molecule has 0 aliphatic carbocycles. The lowest BCUT2D eigenvalue weighted by molar-refractivity contribution is -0.137. The minimum atomic E-state index is -4.40. The number of halogens is 6. The fraction of sp³-hybridized carbons (Fsp3) is 0.0625. The molecule has 0 bridgehead atoms. The molecule has 2 aromatic carbocycles. The Morgan fingerprint density at radius 1 is 0.960 bits per heavy atom. The predicted molar refractivity (Wildman–Crippen MR) is 89.4 cm³/mol. The van der Waals surface area contributed by atoms with Crippen molar-refractivity contribution in [2.24, 2.45) is 0 Å². The molecule has 0 amide bonds. The number of nitrogens with zero attached hydrogens (tertiary/aromatic N) is 1. The van der Waals surface area contributed by atoms with E-state index in [1.54, 1.807) is 5.38 Å². The molecular weight excluding hydrogens is 383 g/mol. The topological polar surface area (TPSA) is 24.9 Å². The van der Waals surface area contributed by atoms with E-state index in [-0.39, 0.29) is 18.0 Å². The maximum absolute atomic E-state index is 13.7. The van der Waals surface area contributed by atoms with Crippen molar-refractivity contribution in [1.82, 2.24) is 4.98 Å². The van der Waals surface area contributed by atoms with Gasteiger partial charge in [0.2, 0.25) is 0 Å². The summed E-state index contributed by atoms with van der Waals surface area (Å²) in [7, 11) is 0. The second-order valence-electron chi connectivity index (χ2n) is 4.86. The maximum atomic E-state index is 13.7. The van der Waals surface area contributed by atoms with Crippen molar-refractivity contribution in [2.75, 3.05) is 5.32 Å². The second-order valence-corrected chi connectivity index (χ2v) is 5.72. The van der Waals surface area contributed by atoms with Gasteiger partial charge < -0.3 is 5.32 Å². The molecule has 0 atom stereocenters. The summed E-state index contributed by atoms with van der Waals surface area (Å²) >= 11 is 1.16. The fourth-order valence-electron chi connectivity index (χ4n) is 2.02. The van der Waals surface area contributed by atoms with E-state index in [1.165, 1.54) is 18.2 Å². The molecule has 3 aromatic rings. The normalized spacial score (nSPS) is 11.1. The van der Waals surface area contributed by atoms with Crippen LogP contribution in [0.15, 0.2) is 47.8 Å². The molecule has 1 aromatic heterocycles. The molecule has 0 spiro atoms. The third kappa shape index (κ3) is 4.46. The van der Waals surface area contributed by atoms with Gasteiger partial charge >= 0.3 is 6.18 Å². The van der Waals surface area contributed by atoms with Crippen LogP contribution in [-0.4, -0.2) is 4.98 Å². The van der Waals surface area contributed by atoms with Crippen molar-refractivity contribution < 1.29 is 22.0 Å². The molecule has 0 unspecified atom stereocenters. The number of thiazole rings is 1. The van der Waals surface area contributed by atoms with Crippen LogP contribution in [0.4, 0.5) is 32.8 Å². The fourth-order valence-corrected chi connectivity index (χ4v) is 2.75. The molecule has 0 saturated carbocycles. The minimum Gasteiger partial charge on any atom is -0.332 e. The van der Waals surface area contributed by atoms with Gasteiger partial charge in [-0.1, -0.05) is 0 Å². The molecule has 0 aliphatic heterocycles. The van der Waals surface area contributed by atoms with Crippen molar-refractivity contribution in [3.8, 4) is 11.3 Å². The molecule has 1 N–H and O–H groups in total. The highest BCUT2D eigenvalue weighted by atomic mass is 35.5. The van der Waals surface area contributed by atoms with Gasteiger partial charge in [0, 0.05) is 22.7 Å². The number of hydrogen-bond donors (Lipinski definition) is 1. The van der Waals surface area contributed by atoms with Gasteiger partial charge in [-0.2, -0.15) is 13.2 Å². The largest absolute Gasteiger partial charge is 0.416 e. The molecule has 25 heavy (non-hydrogen) atoms. The molecule has 9 heteroatoms. The molecule has 2 nitrogen and oxygen atoms in total. The van der Waals surface area contributed by atoms with E-state index in [4.69, 9.17) is 0 Å². The summed E-state index contributed by atoms with van der Waals surface area (Å²) in [6.45, 7) is 0. The molecule has 3 rings (SSSR count). The third-order valence-electron chi connectivity index (χ3n) is 3.17. The number of aromatic nitrogens is 1. The van der Waals surface area contributed by atoms with Crippen LogP contribution in [0.2, 0.25) is 0 Å². The van der Waals surface area contributed by atoms with Crippen molar-refractivity contribution in [3.05, 3.63) is 65.0 Å². The SMILES string of the molecule is Cl.Fc1ccc(-c2csc(Nc3ccc(C(F)(F)F)cc3)n2)c(F)c1. The lowest BCUT2D eigenvalue weighted by Gasteiger charge is -2.07. The monoisotopic (exact) mass is 392 g/mol. The first-order valence-corrected chi connectivity index (χ1v) is 7.56. The molecule has 0 saturated heterocycles. The van der Waals surface area contributed by atoms with Gasteiger partial charge in [-0.15, -0.1) is 23.7 Å². The number of anilines is 2. The third-order valence-corrected chi connectivity index (χ3v) is 3.93. The second kappa shape index (κ2) is 7.37. The van der Waals surface area contributed by atoms with Gasteiger partial charge in [-0.05, 0) is 36.4 Å². The van der Waals surface area contributed by atoms with E-state index in [0.717, 1.165) is 35.6 Å². The van der Waals surface area contributed by atoms with Crippen LogP contribution in [0.3, 0.4) is 0 Å². The van der Waals surface area contributed by atoms with E-state index in [9.17, 15) is 22.0 Å². The Bertz CT molecular complexity index is 862. The predicted octanol–water partition coefficient (Wildman–Crippen LogP) is 6.27. The van der Waals surface area contributed by atoms with Gasteiger partial charge in [0.25, 0.3) is 0 Å². The maximum Gasteiger partial charge on any atom is 0.416 e. The first-order chi connectivity index (χ1) is 11.3. The van der Waals surface area contributed by atoms with Crippen molar-refractivity contribution in [1.29, 1.82) is 0 Å². The molecule has 0 radical (unpaired) electrons. The summed E-state index contributed by atoms with van der Waals surface area (Å²) in [5.41, 5.74) is 0.129. The van der Waals surface area contributed by atoms with Gasteiger partial charge in [0.15, 0.2) is 5.13 Å². The standard InChI is InChI=1S/C16H9F5N2S.ClH/c17-10-3-6-12(13(18)7-10)14-8-24-15(23-14)22-11-4-1-9(2-5-11)16(19,20)21;/h1-8H,(H,22,23);1H. The summed E-state index contributed by atoms with van der Waals surface area (Å²) in [6.07, 6.45) is -4.40. The van der Waals surface area contributed by atoms with Crippen molar-refractivity contribution in [2.45, 2.75) is 6.18 Å². The first kappa shape index (κ1) is 19.1. The van der Waals surface area contributed by atoms with Gasteiger partial charge in [-0.3, -0.25) is 0 Å². The smallest absolute Gasteiger partial charge is 0.332 e. The van der Waals surface area contributed by atoms with Crippen LogP contribution in [0.5, 0.6) is 0 Å². The Morgan fingerprint density at radius 2 is 1.64 bits per heavy atom. The summed E-state index contributed by atoms with van der Waals surface area (Å²) in [5, 5.41) is 4.80. The molecule has 0 aliphatic rings. The number of rotatable bonds is 3. The number of hydrogen-bond acceptors (Lipinski definition) is 3. The number of benzene rings is 2. The van der Waals surface area contributed by atoms with Crippen LogP contribution in [0.1, 0.15) is 5.56 Å². The number of nitrogens with one attached hydrogen (secondary N) is 1. The van der Waals surface area contributed by atoms with E-state index >= 15 is 0 Å².